The Morgan fingerprint density at radius 1 is 1.12 bits per heavy atom. The van der Waals surface area contributed by atoms with Crippen LogP contribution in [0, 0.1) is 0 Å². The van der Waals surface area contributed by atoms with Gasteiger partial charge in [0.2, 0.25) is 0 Å². The minimum Gasteiger partial charge on any atom is -0.384 e. The molecule has 2 aromatic carbocycles. The number of hydrogen-bond acceptors (Lipinski definition) is 4. The number of methoxy groups -OCH3 is 1. The summed E-state index contributed by atoms with van der Waals surface area (Å²) in [5.41, 5.74) is 1.44. The topological polar surface area (TPSA) is 63.7 Å². The highest BCUT2D eigenvalue weighted by molar-refractivity contribution is 9.10. The Hall–Kier alpha value is -1.70. The molecule has 0 aliphatic rings. The van der Waals surface area contributed by atoms with Crippen LogP contribution in [0.1, 0.15) is 15.9 Å². The van der Waals surface area contributed by atoms with Crippen molar-refractivity contribution in [2.24, 2.45) is 0 Å². The molecule has 0 radical (unpaired) electrons. The van der Waals surface area contributed by atoms with Gasteiger partial charge in [-0.25, -0.2) is 8.42 Å². The van der Waals surface area contributed by atoms with Crippen molar-refractivity contribution < 1.29 is 17.9 Å². The third kappa shape index (κ3) is 5.14. The second-order valence-corrected chi connectivity index (χ2v) is 8.55. The van der Waals surface area contributed by atoms with Gasteiger partial charge < -0.3 is 9.64 Å². The first-order chi connectivity index (χ1) is 11.8. The van der Waals surface area contributed by atoms with E-state index in [2.05, 4.69) is 15.9 Å². The van der Waals surface area contributed by atoms with Gasteiger partial charge in [-0.15, -0.1) is 0 Å². The summed E-state index contributed by atoms with van der Waals surface area (Å²) in [6.45, 7) is 0.589. The van der Waals surface area contributed by atoms with Crippen molar-refractivity contribution in [2.75, 3.05) is 26.5 Å². The molecule has 134 valence electrons. The Morgan fingerprint density at radius 3 is 2.36 bits per heavy atom. The normalized spacial score (nSPS) is 11.3. The molecule has 5 nitrogen and oxygen atoms in total. The first-order valence-corrected chi connectivity index (χ1v) is 10.1. The van der Waals surface area contributed by atoms with Gasteiger partial charge in [-0.05, 0) is 35.9 Å². The summed E-state index contributed by atoms with van der Waals surface area (Å²) in [5.74, 6) is -0.254. The minimum atomic E-state index is -3.40. The number of rotatable bonds is 7. The predicted octanol–water partition coefficient (Wildman–Crippen LogP) is 3.14. The number of carbonyl (C=O) groups excluding carboxylic acids is 1. The van der Waals surface area contributed by atoms with Crippen molar-refractivity contribution in [1.82, 2.24) is 4.90 Å². The summed E-state index contributed by atoms with van der Waals surface area (Å²) in [6, 6.07) is 13.7. The van der Waals surface area contributed by atoms with Crippen molar-refractivity contribution in [3.05, 3.63) is 64.1 Å². The smallest absolute Gasteiger partial charge is 0.253 e. The summed E-state index contributed by atoms with van der Waals surface area (Å²) >= 11 is 3.47. The van der Waals surface area contributed by atoms with Gasteiger partial charge in [-0.2, -0.15) is 0 Å². The van der Waals surface area contributed by atoms with Crippen LogP contribution in [-0.4, -0.2) is 45.7 Å². The third-order valence-corrected chi connectivity index (χ3v) is 6.20. The number of amides is 1. The number of sulfone groups is 1. The average Bonchev–Trinajstić information content (AvgIpc) is 2.61. The Balaban J connectivity index is 2.11. The van der Waals surface area contributed by atoms with Gasteiger partial charge in [0.1, 0.15) is 0 Å². The maximum atomic E-state index is 12.5. The zero-order valence-electron chi connectivity index (χ0n) is 14.1. The average molecular weight is 426 g/mol. The number of hydrogen-bond donors (Lipinski definition) is 0. The van der Waals surface area contributed by atoms with E-state index < -0.39 is 9.84 Å². The highest BCUT2D eigenvalue weighted by Crippen LogP contribution is 2.19. The molecule has 1 amide bonds. The van der Waals surface area contributed by atoms with Crippen LogP contribution in [-0.2, 0) is 21.1 Å². The molecule has 2 rings (SSSR count). The molecule has 0 saturated carbocycles. The highest BCUT2D eigenvalue weighted by atomic mass is 79.9. The third-order valence-electron chi connectivity index (χ3n) is 3.73. The van der Waals surface area contributed by atoms with Gasteiger partial charge in [-0.1, -0.05) is 34.1 Å². The Kier molecular flexibility index (Phi) is 6.75. The van der Waals surface area contributed by atoms with Crippen molar-refractivity contribution in [3.8, 4) is 0 Å². The predicted molar refractivity (Wildman–Crippen MR) is 100 cm³/mol. The molecular weight excluding hydrogens is 406 g/mol. The molecule has 0 aromatic heterocycles. The van der Waals surface area contributed by atoms with Crippen LogP contribution in [0.15, 0.2) is 57.9 Å². The van der Waals surface area contributed by atoms with Gasteiger partial charge >= 0.3 is 0 Å². The van der Waals surface area contributed by atoms with E-state index in [4.69, 9.17) is 4.74 Å². The van der Waals surface area contributed by atoms with Crippen LogP contribution < -0.4 is 0 Å². The number of benzene rings is 2. The van der Waals surface area contributed by atoms with E-state index in [1.165, 1.54) is 19.2 Å². The van der Waals surface area contributed by atoms with Crippen molar-refractivity contribution in [2.45, 2.75) is 11.4 Å². The number of nitrogens with zero attached hydrogens (tertiary/aromatic N) is 1. The SMILES string of the molecule is COCCS(=O)(=O)c1ccc(C(=O)N(C)Cc2ccccc2Br)cc1. The maximum Gasteiger partial charge on any atom is 0.253 e. The van der Waals surface area contributed by atoms with Crippen LogP contribution >= 0.6 is 15.9 Å². The Morgan fingerprint density at radius 2 is 1.76 bits per heavy atom. The van der Waals surface area contributed by atoms with E-state index in [0.717, 1.165) is 10.0 Å². The van der Waals surface area contributed by atoms with Crippen molar-refractivity contribution in [3.63, 3.8) is 0 Å². The zero-order chi connectivity index (χ0) is 18.4. The summed E-state index contributed by atoms with van der Waals surface area (Å²) in [5, 5.41) is 0. The van der Waals surface area contributed by atoms with Crippen LogP contribution in [0.25, 0.3) is 0 Å². The fourth-order valence-electron chi connectivity index (χ4n) is 2.29. The molecule has 0 spiro atoms. The molecule has 2 aromatic rings. The molecule has 0 saturated heterocycles. The van der Waals surface area contributed by atoms with Gasteiger partial charge in [-0.3, -0.25) is 4.79 Å². The summed E-state index contributed by atoms with van der Waals surface area (Å²) in [6.07, 6.45) is 0. The van der Waals surface area contributed by atoms with E-state index in [9.17, 15) is 13.2 Å². The van der Waals surface area contributed by atoms with Crippen LogP contribution in [0.2, 0.25) is 0 Å². The molecule has 7 heteroatoms. The van der Waals surface area contributed by atoms with Gasteiger partial charge in [0, 0.05) is 30.7 Å². The number of halogens is 1. The van der Waals surface area contributed by atoms with E-state index in [1.54, 1.807) is 24.1 Å². The van der Waals surface area contributed by atoms with Crippen LogP contribution in [0.4, 0.5) is 0 Å². The lowest BCUT2D eigenvalue weighted by Crippen LogP contribution is -2.26. The molecule has 0 heterocycles. The monoisotopic (exact) mass is 425 g/mol. The molecule has 0 aliphatic carbocycles. The molecule has 0 fully saturated rings. The lowest BCUT2D eigenvalue weighted by molar-refractivity contribution is 0.0784. The van der Waals surface area contributed by atoms with E-state index in [0.29, 0.717) is 12.1 Å². The molecule has 0 bridgehead atoms. The molecule has 0 N–H and O–H groups in total. The largest absolute Gasteiger partial charge is 0.384 e. The molecule has 0 unspecified atom stereocenters. The minimum absolute atomic E-state index is 0.0846. The molecule has 25 heavy (non-hydrogen) atoms. The summed E-state index contributed by atoms with van der Waals surface area (Å²) < 4.78 is 30.0. The standard InChI is InChI=1S/C18H20BrNO4S/c1-20(13-15-5-3-4-6-17(15)19)18(21)14-7-9-16(10-8-14)25(22,23)12-11-24-2/h3-10H,11-13H2,1-2H3. The first kappa shape index (κ1) is 19.6. The second kappa shape index (κ2) is 8.60. The maximum absolute atomic E-state index is 12.5. The highest BCUT2D eigenvalue weighted by Gasteiger charge is 2.17. The van der Waals surface area contributed by atoms with Gasteiger partial charge in [0.25, 0.3) is 5.91 Å². The fraction of sp³-hybridized carbons (Fsp3) is 0.278. The molecular formula is C18H20BrNO4S. The first-order valence-electron chi connectivity index (χ1n) is 7.66. The van der Waals surface area contributed by atoms with Crippen LogP contribution in [0.3, 0.4) is 0 Å². The summed E-state index contributed by atoms with van der Waals surface area (Å²) in [4.78, 5) is 14.3. The lowest BCUT2D eigenvalue weighted by atomic mass is 10.1. The molecule has 0 aliphatic heterocycles. The van der Waals surface area contributed by atoms with E-state index >= 15 is 0 Å². The Bertz CT molecular complexity index is 834. The number of ether oxygens (including phenoxy) is 1. The quantitative estimate of drug-likeness (QED) is 0.683. The van der Waals surface area contributed by atoms with E-state index in [-0.39, 0.29) is 23.2 Å². The lowest BCUT2D eigenvalue weighted by Gasteiger charge is -2.18. The van der Waals surface area contributed by atoms with Crippen LogP contribution in [0.5, 0.6) is 0 Å². The number of carbonyl (C=O) groups is 1. The van der Waals surface area contributed by atoms with E-state index in [1.807, 2.05) is 24.3 Å². The van der Waals surface area contributed by atoms with Crippen molar-refractivity contribution in [1.29, 1.82) is 0 Å². The van der Waals surface area contributed by atoms with Crippen molar-refractivity contribution >= 4 is 31.7 Å². The zero-order valence-corrected chi connectivity index (χ0v) is 16.5. The Labute approximate surface area is 156 Å². The second-order valence-electron chi connectivity index (χ2n) is 5.59. The van der Waals surface area contributed by atoms with Gasteiger partial charge in [0.05, 0.1) is 17.3 Å². The fourth-order valence-corrected chi connectivity index (χ4v) is 3.87. The van der Waals surface area contributed by atoms with Gasteiger partial charge in [0.15, 0.2) is 9.84 Å². The molecule has 0 atom stereocenters. The summed E-state index contributed by atoms with van der Waals surface area (Å²) in [7, 11) is -0.226.